The number of anilines is 4. The molecular formula is C17H24ClN5O2. The SMILES string of the molecule is COc1cc(OC)c(Nc2ncnc(NCCC(C)C)c2N)cc1Cl. The van der Waals surface area contributed by atoms with Crippen molar-refractivity contribution in [1.82, 2.24) is 9.97 Å². The highest BCUT2D eigenvalue weighted by Crippen LogP contribution is 2.38. The van der Waals surface area contributed by atoms with Crippen LogP contribution in [0.1, 0.15) is 20.3 Å². The summed E-state index contributed by atoms with van der Waals surface area (Å²) >= 11 is 6.20. The first-order chi connectivity index (χ1) is 12.0. The van der Waals surface area contributed by atoms with Crippen molar-refractivity contribution >= 4 is 34.6 Å². The van der Waals surface area contributed by atoms with E-state index in [0.29, 0.717) is 45.5 Å². The molecule has 136 valence electrons. The molecule has 0 atom stereocenters. The van der Waals surface area contributed by atoms with Gasteiger partial charge in [-0.3, -0.25) is 0 Å². The van der Waals surface area contributed by atoms with Gasteiger partial charge in [-0.15, -0.1) is 0 Å². The van der Waals surface area contributed by atoms with Crippen LogP contribution in [0.25, 0.3) is 0 Å². The number of benzene rings is 1. The van der Waals surface area contributed by atoms with Gasteiger partial charge in [-0.25, -0.2) is 9.97 Å². The van der Waals surface area contributed by atoms with Crippen molar-refractivity contribution in [3.63, 3.8) is 0 Å². The van der Waals surface area contributed by atoms with Crippen LogP contribution in [0.2, 0.25) is 5.02 Å². The van der Waals surface area contributed by atoms with E-state index in [9.17, 15) is 0 Å². The topological polar surface area (TPSA) is 94.3 Å². The average molecular weight is 366 g/mol. The second kappa shape index (κ2) is 8.62. The number of nitrogens with one attached hydrogen (secondary N) is 2. The Labute approximate surface area is 152 Å². The highest BCUT2D eigenvalue weighted by Gasteiger charge is 2.14. The molecule has 7 nitrogen and oxygen atoms in total. The van der Waals surface area contributed by atoms with E-state index in [2.05, 4.69) is 34.4 Å². The molecule has 1 aromatic carbocycles. The second-order valence-electron chi connectivity index (χ2n) is 5.91. The molecular weight excluding hydrogens is 342 g/mol. The number of hydrogen-bond donors (Lipinski definition) is 3. The fraction of sp³-hybridized carbons (Fsp3) is 0.412. The number of aromatic nitrogens is 2. The fourth-order valence-corrected chi connectivity index (χ4v) is 2.44. The molecule has 0 spiro atoms. The van der Waals surface area contributed by atoms with Crippen LogP contribution in [-0.2, 0) is 0 Å². The molecule has 0 unspecified atom stereocenters. The van der Waals surface area contributed by atoms with Crippen molar-refractivity contribution in [3.05, 3.63) is 23.5 Å². The van der Waals surface area contributed by atoms with Gasteiger partial charge in [0.1, 0.15) is 23.5 Å². The molecule has 25 heavy (non-hydrogen) atoms. The lowest BCUT2D eigenvalue weighted by Gasteiger charge is -2.16. The van der Waals surface area contributed by atoms with Crippen LogP contribution in [0.3, 0.4) is 0 Å². The Morgan fingerprint density at radius 3 is 2.44 bits per heavy atom. The van der Waals surface area contributed by atoms with Gasteiger partial charge in [0.25, 0.3) is 0 Å². The molecule has 0 saturated heterocycles. The van der Waals surface area contributed by atoms with E-state index in [0.717, 1.165) is 13.0 Å². The van der Waals surface area contributed by atoms with Gasteiger partial charge < -0.3 is 25.8 Å². The number of nitrogens with zero attached hydrogens (tertiary/aromatic N) is 2. The quantitative estimate of drug-likeness (QED) is 0.652. The lowest BCUT2D eigenvalue weighted by Crippen LogP contribution is -2.10. The molecule has 1 aromatic heterocycles. The van der Waals surface area contributed by atoms with E-state index in [1.54, 1.807) is 26.4 Å². The monoisotopic (exact) mass is 365 g/mol. The first-order valence-corrected chi connectivity index (χ1v) is 8.37. The minimum absolute atomic E-state index is 0.431. The summed E-state index contributed by atoms with van der Waals surface area (Å²) in [5, 5.41) is 6.83. The summed E-state index contributed by atoms with van der Waals surface area (Å²) in [5.41, 5.74) is 7.25. The lowest BCUT2D eigenvalue weighted by atomic mass is 10.1. The van der Waals surface area contributed by atoms with Gasteiger partial charge in [0, 0.05) is 12.6 Å². The number of nitrogens with two attached hydrogens (primary N) is 1. The molecule has 4 N–H and O–H groups in total. The van der Waals surface area contributed by atoms with Gasteiger partial charge in [0.15, 0.2) is 11.6 Å². The van der Waals surface area contributed by atoms with Crippen molar-refractivity contribution < 1.29 is 9.47 Å². The molecule has 0 aliphatic rings. The maximum Gasteiger partial charge on any atom is 0.159 e. The fourth-order valence-electron chi connectivity index (χ4n) is 2.20. The van der Waals surface area contributed by atoms with Gasteiger partial charge in [-0.05, 0) is 18.4 Å². The molecule has 0 saturated carbocycles. The smallest absolute Gasteiger partial charge is 0.159 e. The van der Waals surface area contributed by atoms with E-state index in [4.69, 9.17) is 26.8 Å². The molecule has 1 heterocycles. The number of methoxy groups -OCH3 is 2. The highest BCUT2D eigenvalue weighted by molar-refractivity contribution is 6.32. The minimum atomic E-state index is 0.431. The van der Waals surface area contributed by atoms with Crippen LogP contribution in [0.4, 0.5) is 23.0 Å². The Hall–Kier alpha value is -2.41. The zero-order valence-electron chi connectivity index (χ0n) is 14.9. The summed E-state index contributed by atoms with van der Waals surface area (Å²) in [6.07, 6.45) is 2.47. The third-order valence-corrected chi connectivity index (χ3v) is 3.92. The number of rotatable bonds is 8. The van der Waals surface area contributed by atoms with Crippen LogP contribution in [0, 0.1) is 5.92 Å². The normalized spacial score (nSPS) is 10.6. The average Bonchev–Trinajstić information content (AvgIpc) is 2.58. The predicted molar refractivity (Wildman–Crippen MR) is 102 cm³/mol. The summed E-state index contributed by atoms with van der Waals surface area (Å²) in [6, 6.07) is 3.40. The Morgan fingerprint density at radius 1 is 1.12 bits per heavy atom. The van der Waals surface area contributed by atoms with Crippen LogP contribution in [-0.4, -0.2) is 30.7 Å². The highest BCUT2D eigenvalue weighted by atomic mass is 35.5. The molecule has 0 aliphatic carbocycles. The van der Waals surface area contributed by atoms with Gasteiger partial charge in [0.05, 0.1) is 24.9 Å². The molecule has 0 amide bonds. The number of ether oxygens (including phenoxy) is 2. The van der Waals surface area contributed by atoms with Crippen molar-refractivity contribution in [3.8, 4) is 11.5 Å². The van der Waals surface area contributed by atoms with E-state index in [-0.39, 0.29) is 0 Å². The standard InChI is InChI=1S/C17H24ClN5O2/c1-10(2)5-6-20-16-15(19)17(22-9-21-16)23-12-7-11(18)13(24-3)8-14(12)25-4/h7-10H,5-6,19H2,1-4H3,(H2,20,21,22,23). The van der Waals surface area contributed by atoms with E-state index in [1.165, 1.54) is 6.33 Å². The number of hydrogen-bond acceptors (Lipinski definition) is 7. The second-order valence-corrected chi connectivity index (χ2v) is 6.31. The Bertz CT molecular complexity index is 724. The molecule has 8 heteroatoms. The van der Waals surface area contributed by atoms with E-state index < -0.39 is 0 Å². The maximum absolute atomic E-state index is 6.20. The van der Waals surface area contributed by atoms with Crippen molar-refractivity contribution in [2.75, 3.05) is 37.1 Å². The van der Waals surface area contributed by atoms with Crippen molar-refractivity contribution in [2.45, 2.75) is 20.3 Å². The van der Waals surface area contributed by atoms with Crippen molar-refractivity contribution in [1.29, 1.82) is 0 Å². The molecule has 2 rings (SSSR count). The minimum Gasteiger partial charge on any atom is -0.495 e. The molecule has 0 radical (unpaired) electrons. The molecule has 0 aliphatic heterocycles. The van der Waals surface area contributed by atoms with Gasteiger partial charge in [0.2, 0.25) is 0 Å². The van der Waals surface area contributed by atoms with E-state index >= 15 is 0 Å². The summed E-state index contributed by atoms with van der Waals surface area (Å²) in [7, 11) is 3.11. The number of nitrogen functional groups attached to an aromatic ring is 1. The van der Waals surface area contributed by atoms with Crippen LogP contribution in [0.5, 0.6) is 11.5 Å². The van der Waals surface area contributed by atoms with Gasteiger partial charge in [-0.2, -0.15) is 0 Å². The Kier molecular flexibility index (Phi) is 6.52. The third kappa shape index (κ3) is 4.79. The molecule has 0 fully saturated rings. The Morgan fingerprint density at radius 2 is 1.80 bits per heavy atom. The summed E-state index contributed by atoms with van der Waals surface area (Å²) in [6.45, 7) is 5.12. The Balaban J connectivity index is 2.24. The zero-order chi connectivity index (χ0) is 18.4. The summed E-state index contributed by atoms with van der Waals surface area (Å²) < 4.78 is 10.6. The van der Waals surface area contributed by atoms with Gasteiger partial charge in [-0.1, -0.05) is 25.4 Å². The third-order valence-electron chi connectivity index (χ3n) is 3.63. The number of halogens is 1. The van der Waals surface area contributed by atoms with Gasteiger partial charge >= 0.3 is 0 Å². The van der Waals surface area contributed by atoms with Crippen LogP contribution in [0.15, 0.2) is 18.5 Å². The van der Waals surface area contributed by atoms with Crippen LogP contribution >= 0.6 is 11.6 Å². The molecule has 0 bridgehead atoms. The summed E-state index contributed by atoms with van der Waals surface area (Å²) in [5.74, 6) is 2.75. The largest absolute Gasteiger partial charge is 0.495 e. The zero-order valence-corrected chi connectivity index (χ0v) is 15.6. The first kappa shape index (κ1) is 18.9. The molecule has 2 aromatic rings. The van der Waals surface area contributed by atoms with E-state index in [1.807, 2.05) is 0 Å². The summed E-state index contributed by atoms with van der Waals surface area (Å²) in [4.78, 5) is 8.41. The van der Waals surface area contributed by atoms with Crippen LogP contribution < -0.4 is 25.8 Å². The van der Waals surface area contributed by atoms with Crippen molar-refractivity contribution in [2.24, 2.45) is 5.92 Å². The lowest BCUT2D eigenvalue weighted by molar-refractivity contribution is 0.396. The predicted octanol–water partition coefficient (Wildman–Crippen LogP) is 3.93. The first-order valence-electron chi connectivity index (χ1n) is 7.99. The maximum atomic E-state index is 6.20.